The molecular formula is C18H20FN3O2S. The van der Waals surface area contributed by atoms with Crippen molar-refractivity contribution in [1.29, 1.82) is 0 Å². The number of anilines is 1. The number of carbonyl (C=O) groups is 1. The van der Waals surface area contributed by atoms with Crippen molar-refractivity contribution in [1.82, 2.24) is 9.88 Å². The minimum Gasteiger partial charge on any atom is -0.370 e. The van der Waals surface area contributed by atoms with Crippen molar-refractivity contribution < 1.29 is 13.9 Å². The van der Waals surface area contributed by atoms with Crippen LogP contribution in [-0.4, -0.2) is 41.4 Å². The third-order valence-corrected chi connectivity index (χ3v) is 4.70. The molecule has 1 N–H and O–H groups in total. The maximum Gasteiger partial charge on any atom is 0.322 e. The van der Waals surface area contributed by atoms with Gasteiger partial charge in [-0.15, -0.1) is 11.8 Å². The number of morpholine rings is 1. The fourth-order valence-corrected chi connectivity index (χ4v) is 3.19. The van der Waals surface area contributed by atoms with Gasteiger partial charge in [0.05, 0.1) is 30.1 Å². The van der Waals surface area contributed by atoms with Crippen LogP contribution in [0.1, 0.15) is 18.6 Å². The predicted octanol–water partition coefficient (Wildman–Crippen LogP) is 3.94. The Morgan fingerprint density at radius 1 is 1.36 bits per heavy atom. The number of urea groups is 1. The van der Waals surface area contributed by atoms with Crippen LogP contribution in [0.4, 0.5) is 14.9 Å². The molecule has 3 rings (SSSR count). The van der Waals surface area contributed by atoms with Crippen molar-refractivity contribution in [2.24, 2.45) is 0 Å². The number of nitrogens with zero attached hydrogens (tertiary/aromatic N) is 2. The summed E-state index contributed by atoms with van der Waals surface area (Å²) in [4.78, 5) is 18.5. The number of hydrogen-bond donors (Lipinski definition) is 1. The normalized spacial score (nSPS) is 17.4. The van der Waals surface area contributed by atoms with Crippen molar-refractivity contribution in [2.75, 3.05) is 30.8 Å². The molecule has 0 bridgehead atoms. The second-order valence-electron chi connectivity index (χ2n) is 5.61. The summed E-state index contributed by atoms with van der Waals surface area (Å²) in [5.41, 5.74) is 1.52. The summed E-state index contributed by atoms with van der Waals surface area (Å²) in [7, 11) is 0. The van der Waals surface area contributed by atoms with Gasteiger partial charge in [0.1, 0.15) is 11.9 Å². The Bertz CT molecular complexity index is 709. The number of halogens is 1. The van der Waals surface area contributed by atoms with Crippen molar-refractivity contribution in [3.63, 3.8) is 0 Å². The van der Waals surface area contributed by atoms with Crippen LogP contribution >= 0.6 is 11.8 Å². The Balaban J connectivity index is 1.60. The van der Waals surface area contributed by atoms with E-state index in [9.17, 15) is 9.18 Å². The highest BCUT2D eigenvalue weighted by atomic mass is 32.2. The molecule has 2 amide bonds. The molecule has 1 aromatic carbocycles. The molecule has 0 aliphatic carbocycles. The van der Waals surface area contributed by atoms with Gasteiger partial charge in [-0.3, -0.25) is 0 Å². The zero-order valence-corrected chi connectivity index (χ0v) is 14.8. The largest absolute Gasteiger partial charge is 0.370 e. The van der Waals surface area contributed by atoms with E-state index in [1.165, 1.54) is 12.1 Å². The van der Waals surface area contributed by atoms with Crippen LogP contribution < -0.4 is 5.32 Å². The van der Waals surface area contributed by atoms with E-state index in [0.717, 1.165) is 16.3 Å². The molecule has 5 nitrogen and oxygen atoms in total. The second kappa shape index (κ2) is 8.31. The van der Waals surface area contributed by atoms with Crippen LogP contribution in [0.3, 0.4) is 0 Å². The zero-order chi connectivity index (χ0) is 17.6. The fraction of sp³-hybridized carbons (Fsp3) is 0.333. The molecule has 7 heteroatoms. The van der Waals surface area contributed by atoms with Crippen LogP contribution in [0.2, 0.25) is 0 Å². The molecule has 0 spiro atoms. The lowest BCUT2D eigenvalue weighted by molar-refractivity contribution is -0.0135. The molecule has 1 atom stereocenters. The van der Waals surface area contributed by atoms with E-state index in [4.69, 9.17) is 4.74 Å². The van der Waals surface area contributed by atoms with Gasteiger partial charge in [-0.25, -0.2) is 14.2 Å². The summed E-state index contributed by atoms with van der Waals surface area (Å²) in [6.07, 6.45) is 1.41. The van der Waals surface area contributed by atoms with Crippen LogP contribution in [0.15, 0.2) is 47.6 Å². The first kappa shape index (κ1) is 17.7. The Hall–Kier alpha value is -2.12. The quantitative estimate of drug-likeness (QED) is 0.838. The van der Waals surface area contributed by atoms with E-state index in [0.29, 0.717) is 25.4 Å². The monoisotopic (exact) mass is 361 g/mol. The first-order valence-electron chi connectivity index (χ1n) is 8.17. The fourth-order valence-electron chi connectivity index (χ4n) is 2.60. The van der Waals surface area contributed by atoms with Gasteiger partial charge < -0.3 is 15.0 Å². The smallest absolute Gasteiger partial charge is 0.322 e. The molecule has 1 aliphatic rings. The highest BCUT2D eigenvalue weighted by Crippen LogP contribution is 2.23. The molecular weight excluding hydrogens is 341 g/mol. The van der Waals surface area contributed by atoms with Crippen LogP contribution in [-0.2, 0) is 4.74 Å². The molecule has 2 aromatic rings. The van der Waals surface area contributed by atoms with Crippen LogP contribution in [0, 0.1) is 5.82 Å². The van der Waals surface area contributed by atoms with Crippen molar-refractivity contribution in [3.05, 3.63) is 54.0 Å². The van der Waals surface area contributed by atoms with Crippen molar-refractivity contribution in [2.45, 2.75) is 18.1 Å². The summed E-state index contributed by atoms with van der Waals surface area (Å²) in [6.45, 7) is 3.45. The van der Waals surface area contributed by atoms with Gasteiger partial charge in [-0.05, 0) is 35.6 Å². The molecule has 25 heavy (non-hydrogen) atoms. The Kier molecular flexibility index (Phi) is 5.88. The average Bonchev–Trinajstić information content (AvgIpc) is 2.64. The number of ether oxygens (including phenoxy) is 1. The molecule has 1 saturated heterocycles. The van der Waals surface area contributed by atoms with Crippen LogP contribution in [0.5, 0.6) is 0 Å². The lowest BCUT2D eigenvalue weighted by atomic mass is 10.1. The molecule has 0 radical (unpaired) electrons. The minimum atomic E-state index is -0.286. The van der Waals surface area contributed by atoms with Crippen LogP contribution in [0.25, 0.3) is 0 Å². The molecule has 1 fully saturated rings. The SMILES string of the molecule is CCSc1ccc(NC(=O)N2CCO[C@H](c3ccc(F)cc3)C2)cn1. The Morgan fingerprint density at radius 2 is 2.16 bits per heavy atom. The highest BCUT2D eigenvalue weighted by Gasteiger charge is 2.25. The van der Waals surface area contributed by atoms with E-state index >= 15 is 0 Å². The number of nitrogens with one attached hydrogen (secondary N) is 1. The molecule has 132 valence electrons. The van der Waals surface area contributed by atoms with E-state index < -0.39 is 0 Å². The highest BCUT2D eigenvalue weighted by molar-refractivity contribution is 7.99. The predicted molar refractivity (Wildman–Crippen MR) is 96.3 cm³/mol. The van der Waals surface area contributed by atoms with Gasteiger partial charge in [-0.1, -0.05) is 19.1 Å². The second-order valence-corrected chi connectivity index (χ2v) is 6.89. The third kappa shape index (κ3) is 4.70. The van der Waals surface area contributed by atoms with Gasteiger partial charge in [0, 0.05) is 6.54 Å². The minimum absolute atomic E-state index is 0.187. The number of hydrogen-bond acceptors (Lipinski definition) is 4. The molecule has 1 aromatic heterocycles. The van der Waals surface area contributed by atoms with E-state index in [2.05, 4.69) is 17.2 Å². The Labute approximate surface area is 150 Å². The van der Waals surface area contributed by atoms with Gasteiger partial charge in [0.25, 0.3) is 0 Å². The third-order valence-electron chi connectivity index (χ3n) is 3.88. The molecule has 2 heterocycles. The molecule has 0 saturated carbocycles. The van der Waals surface area contributed by atoms with Gasteiger partial charge >= 0.3 is 6.03 Å². The maximum absolute atomic E-state index is 13.1. The van der Waals surface area contributed by atoms with Crippen molar-refractivity contribution in [3.8, 4) is 0 Å². The van der Waals surface area contributed by atoms with Crippen molar-refractivity contribution >= 4 is 23.5 Å². The molecule has 0 unspecified atom stereocenters. The number of carbonyl (C=O) groups excluding carboxylic acids is 1. The van der Waals surface area contributed by atoms with E-state index in [-0.39, 0.29) is 18.0 Å². The summed E-state index contributed by atoms with van der Waals surface area (Å²) in [5.74, 6) is 0.670. The maximum atomic E-state index is 13.1. The van der Waals surface area contributed by atoms with E-state index in [1.54, 1.807) is 35.0 Å². The van der Waals surface area contributed by atoms with E-state index in [1.807, 2.05) is 12.1 Å². The average molecular weight is 361 g/mol. The summed E-state index contributed by atoms with van der Waals surface area (Å²) >= 11 is 1.65. The lowest BCUT2D eigenvalue weighted by Crippen LogP contribution is -2.44. The zero-order valence-electron chi connectivity index (χ0n) is 13.9. The number of benzene rings is 1. The number of amides is 2. The van der Waals surface area contributed by atoms with Gasteiger partial charge in [0.2, 0.25) is 0 Å². The first-order chi connectivity index (χ1) is 12.2. The lowest BCUT2D eigenvalue weighted by Gasteiger charge is -2.33. The molecule has 1 aliphatic heterocycles. The topological polar surface area (TPSA) is 54.5 Å². The number of rotatable bonds is 4. The number of aromatic nitrogens is 1. The van der Waals surface area contributed by atoms with Gasteiger partial charge in [-0.2, -0.15) is 0 Å². The summed E-state index contributed by atoms with van der Waals surface area (Å²) < 4.78 is 18.8. The first-order valence-corrected chi connectivity index (χ1v) is 9.16. The number of pyridine rings is 1. The summed E-state index contributed by atoms with van der Waals surface area (Å²) in [5, 5.41) is 3.80. The number of thioether (sulfide) groups is 1. The summed E-state index contributed by atoms with van der Waals surface area (Å²) in [6, 6.07) is 9.74. The van der Waals surface area contributed by atoms with Gasteiger partial charge in [0.15, 0.2) is 0 Å². The Morgan fingerprint density at radius 3 is 2.84 bits per heavy atom. The standard InChI is InChI=1S/C18H20FN3O2S/c1-2-25-17-8-7-15(11-20-17)21-18(23)22-9-10-24-16(12-22)13-3-5-14(19)6-4-13/h3-8,11,16H,2,9-10,12H2,1H3,(H,21,23)/t16-/m0/s1.